The molecule has 0 aliphatic carbocycles. The first kappa shape index (κ1) is 16.3. The number of unbranched alkanes of at least 4 members (excludes halogenated alkanes) is 3. The summed E-state index contributed by atoms with van der Waals surface area (Å²) in [5, 5.41) is 4.40. The maximum atomic E-state index is 12.8. The Morgan fingerprint density at radius 1 is 0.958 bits per heavy atom. The fourth-order valence-corrected chi connectivity index (χ4v) is 2.87. The highest BCUT2D eigenvalue weighted by Gasteiger charge is 2.21. The molecule has 0 aliphatic rings. The summed E-state index contributed by atoms with van der Waals surface area (Å²) in [6.45, 7) is 3.05. The van der Waals surface area contributed by atoms with Gasteiger partial charge in [0.2, 0.25) is 5.78 Å². The number of carbonyl (C=O) groups is 1. The number of ketones is 1. The molecule has 0 saturated heterocycles. The minimum absolute atomic E-state index is 0.0807. The summed E-state index contributed by atoms with van der Waals surface area (Å²) >= 11 is 0. The highest BCUT2D eigenvalue weighted by atomic mass is 16.3. The van der Waals surface area contributed by atoms with Gasteiger partial charge in [0.05, 0.1) is 5.69 Å². The van der Waals surface area contributed by atoms with Crippen LogP contribution in [0.5, 0.6) is 0 Å². The van der Waals surface area contributed by atoms with E-state index in [4.69, 9.17) is 4.42 Å². The van der Waals surface area contributed by atoms with Crippen LogP contribution < -0.4 is 5.32 Å². The summed E-state index contributed by atoms with van der Waals surface area (Å²) in [5.41, 5.74) is 2.20. The number of hydrogen-bond acceptors (Lipinski definition) is 3. The summed E-state index contributed by atoms with van der Waals surface area (Å²) < 4.78 is 5.88. The maximum Gasteiger partial charge on any atom is 0.230 e. The van der Waals surface area contributed by atoms with Crippen LogP contribution in [0.3, 0.4) is 0 Å². The number of nitrogens with one attached hydrogen (secondary N) is 1. The molecule has 3 heteroatoms. The second kappa shape index (κ2) is 7.82. The number of rotatable bonds is 8. The Morgan fingerprint density at radius 3 is 2.50 bits per heavy atom. The smallest absolute Gasteiger partial charge is 0.230 e. The molecule has 24 heavy (non-hydrogen) atoms. The fourth-order valence-electron chi connectivity index (χ4n) is 2.87. The standard InChI is InChI=1S/C21H23NO2/c1-2-3-4-10-15-22-19-17-13-8-9-14-18(17)24-21(19)20(23)16-11-6-5-7-12-16/h5-9,11-14,22H,2-4,10,15H2,1H3. The third-order valence-electron chi connectivity index (χ3n) is 4.17. The summed E-state index contributed by atoms with van der Waals surface area (Å²) in [5.74, 6) is 0.320. The van der Waals surface area contributed by atoms with Crippen molar-refractivity contribution in [2.45, 2.75) is 32.6 Å². The van der Waals surface area contributed by atoms with Crippen LogP contribution in [0.15, 0.2) is 59.0 Å². The first-order valence-electron chi connectivity index (χ1n) is 8.66. The molecule has 0 amide bonds. The van der Waals surface area contributed by atoms with Gasteiger partial charge in [-0.15, -0.1) is 0 Å². The molecule has 0 fully saturated rings. The van der Waals surface area contributed by atoms with E-state index in [1.54, 1.807) is 0 Å². The minimum Gasteiger partial charge on any atom is -0.450 e. The predicted molar refractivity (Wildman–Crippen MR) is 98.7 cm³/mol. The van der Waals surface area contributed by atoms with Crippen molar-refractivity contribution in [3.05, 3.63) is 65.9 Å². The number of furan rings is 1. The molecule has 1 N–H and O–H groups in total. The number of benzene rings is 2. The molecule has 0 bridgehead atoms. The molecular weight excluding hydrogens is 298 g/mol. The first-order chi connectivity index (χ1) is 11.8. The molecule has 0 unspecified atom stereocenters. The van der Waals surface area contributed by atoms with Crippen molar-refractivity contribution in [3.8, 4) is 0 Å². The van der Waals surface area contributed by atoms with Crippen LogP contribution in [-0.2, 0) is 0 Å². The SMILES string of the molecule is CCCCCCNc1c(C(=O)c2ccccc2)oc2ccccc12. The third-order valence-corrected chi connectivity index (χ3v) is 4.17. The lowest BCUT2D eigenvalue weighted by Gasteiger charge is -2.07. The van der Waals surface area contributed by atoms with Crippen molar-refractivity contribution in [1.29, 1.82) is 0 Å². The summed E-state index contributed by atoms with van der Waals surface area (Å²) in [6.07, 6.45) is 4.74. The van der Waals surface area contributed by atoms with Gasteiger partial charge in [0, 0.05) is 17.5 Å². The van der Waals surface area contributed by atoms with E-state index in [2.05, 4.69) is 12.2 Å². The Labute approximate surface area is 142 Å². The van der Waals surface area contributed by atoms with Gasteiger partial charge in [-0.3, -0.25) is 4.79 Å². The van der Waals surface area contributed by atoms with Crippen molar-refractivity contribution in [1.82, 2.24) is 0 Å². The van der Waals surface area contributed by atoms with E-state index in [1.165, 1.54) is 19.3 Å². The summed E-state index contributed by atoms with van der Waals surface area (Å²) in [4.78, 5) is 12.8. The van der Waals surface area contributed by atoms with Gasteiger partial charge in [0.15, 0.2) is 5.76 Å². The van der Waals surface area contributed by atoms with E-state index in [-0.39, 0.29) is 5.78 Å². The molecule has 2 aromatic carbocycles. The van der Waals surface area contributed by atoms with Gasteiger partial charge in [-0.25, -0.2) is 0 Å². The Bertz CT molecular complexity index is 805. The van der Waals surface area contributed by atoms with Crippen LogP contribution in [0, 0.1) is 0 Å². The summed E-state index contributed by atoms with van der Waals surface area (Å²) in [7, 11) is 0. The van der Waals surface area contributed by atoms with Crippen molar-refractivity contribution in [2.75, 3.05) is 11.9 Å². The molecule has 3 aromatic rings. The Hall–Kier alpha value is -2.55. The lowest BCUT2D eigenvalue weighted by Crippen LogP contribution is -2.07. The second-order valence-corrected chi connectivity index (χ2v) is 5.98. The molecule has 3 nitrogen and oxygen atoms in total. The third kappa shape index (κ3) is 3.51. The zero-order valence-electron chi connectivity index (χ0n) is 14.0. The highest BCUT2D eigenvalue weighted by molar-refractivity contribution is 6.14. The zero-order valence-corrected chi connectivity index (χ0v) is 14.0. The molecule has 124 valence electrons. The van der Waals surface area contributed by atoms with Crippen LogP contribution in [0.2, 0.25) is 0 Å². The number of carbonyl (C=O) groups excluding carboxylic acids is 1. The van der Waals surface area contributed by atoms with Crippen molar-refractivity contribution < 1.29 is 9.21 Å². The fraction of sp³-hybridized carbons (Fsp3) is 0.286. The van der Waals surface area contributed by atoms with Crippen molar-refractivity contribution in [3.63, 3.8) is 0 Å². The predicted octanol–water partition coefficient (Wildman–Crippen LogP) is 5.66. The van der Waals surface area contributed by atoms with Gasteiger partial charge < -0.3 is 9.73 Å². The number of fused-ring (bicyclic) bond motifs is 1. The maximum absolute atomic E-state index is 12.8. The Balaban J connectivity index is 1.89. The zero-order chi connectivity index (χ0) is 16.8. The normalized spacial score (nSPS) is 10.9. The lowest BCUT2D eigenvalue weighted by atomic mass is 10.1. The van der Waals surface area contributed by atoms with E-state index in [1.807, 2.05) is 54.6 Å². The molecule has 3 rings (SSSR count). The number of anilines is 1. The average Bonchev–Trinajstić information content (AvgIpc) is 3.00. The molecule has 1 heterocycles. The van der Waals surface area contributed by atoms with Crippen molar-refractivity contribution >= 4 is 22.4 Å². The quantitative estimate of drug-likeness (QED) is 0.430. The van der Waals surface area contributed by atoms with E-state index in [0.29, 0.717) is 11.3 Å². The van der Waals surface area contributed by atoms with Gasteiger partial charge in [-0.1, -0.05) is 68.7 Å². The first-order valence-corrected chi connectivity index (χ1v) is 8.66. The molecule has 0 saturated carbocycles. The Kier molecular flexibility index (Phi) is 5.32. The van der Waals surface area contributed by atoms with Crippen LogP contribution in [0.25, 0.3) is 11.0 Å². The van der Waals surface area contributed by atoms with Gasteiger partial charge in [0.1, 0.15) is 5.58 Å². The molecular formula is C21H23NO2. The molecule has 0 spiro atoms. The molecule has 0 atom stereocenters. The van der Waals surface area contributed by atoms with Crippen LogP contribution in [0.1, 0.15) is 48.7 Å². The molecule has 1 aromatic heterocycles. The van der Waals surface area contributed by atoms with E-state index in [0.717, 1.165) is 29.6 Å². The van der Waals surface area contributed by atoms with Crippen LogP contribution >= 0.6 is 0 Å². The van der Waals surface area contributed by atoms with Gasteiger partial charge in [-0.05, 0) is 18.6 Å². The highest BCUT2D eigenvalue weighted by Crippen LogP contribution is 2.32. The Morgan fingerprint density at radius 2 is 1.71 bits per heavy atom. The topological polar surface area (TPSA) is 42.2 Å². The van der Waals surface area contributed by atoms with Gasteiger partial charge in [0.25, 0.3) is 0 Å². The molecule has 0 radical (unpaired) electrons. The van der Waals surface area contributed by atoms with Crippen LogP contribution in [-0.4, -0.2) is 12.3 Å². The molecule has 0 aliphatic heterocycles. The largest absolute Gasteiger partial charge is 0.450 e. The van der Waals surface area contributed by atoms with E-state index >= 15 is 0 Å². The van der Waals surface area contributed by atoms with Gasteiger partial charge >= 0.3 is 0 Å². The number of para-hydroxylation sites is 1. The van der Waals surface area contributed by atoms with Gasteiger partial charge in [-0.2, -0.15) is 0 Å². The van der Waals surface area contributed by atoms with E-state index < -0.39 is 0 Å². The average molecular weight is 321 g/mol. The summed E-state index contributed by atoms with van der Waals surface area (Å²) in [6, 6.07) is 17.1. The van der Waals surface area contributed by atoms with Crippen molar-refractivity contribution in [2.24, 2.45) is 0 Å². The second-order valence-electron chi connectivity index (χ2n) is 5.98. The monoisotopic (exact) mass is 321 g/mol. The van der Waals surface area contributed by atoms with Crippen LogP contribution in [0.4, 0.5) is 5.69 Å². The van der Waals surface area contributed by atoms with E-state index in [9.17, 15) is 4.79 Å². The lowest BCUT2D eigenvalue weighted by molar-refractivity contribution is 0.101. The number of hydrogen-bond donors (Lipinski definition) is 1. The minimum atomic E-state index is -0.0807.